The van der Waals surface area contributed by atoms with Crippen LogP contribution >= 0.6 is 0 Å². The molecule has 0 spiro atoms. The molecule has 2 fully saturated rings. The van der Waals surface area contributed by atoms with E-state index in [1.165, 1.54) is 6.42 Å². The van der Waals surface area contributed by atoms with Gasteiger partial charge in [0.25, 0.3) is 0 Å². The topological polar surface area (TPSA) is 66.8 Å². The molecule has 1 aliphatic heterocycles. The summed E-state index contributed by atoms with van der Waals surface area (Å²) in [5.41, 5.74) is 0. The van der Waals surface area contributed by atoms with Gasteiger partial charge in [0, 0.05) is 19.0 Å². The molecule has 0 aromatic heterocycles. The van der Waals surface area contributed by atoms with Crippen molar-refractivity contribution >= 4 is 11.9 Å². The summed E-state index contributed by atoms with van der Waals surface area (Å²) in [7, 11) is 0. The Morgan fingerprint density at radius 1 is 1.50 bits per heavy atom. The molecule has 2 aliphatic rings. The summed E-state index contributed by atoms with van der Waals surface area (Å²) in [6.07, 6.45) is 3.85. The van der Waals surface area contributed by atoms with E-state index in [2.05, 4.69) is 0 Å². The highest BCUT2D eigenvalue weighted by molar-refractivity contribution is 5.78. The summed E-state index contributed by atoms with van der Waals surface area (Å²) in [4.78, 5) is 23.9. The van der Waals surface area contributed by atoms with E-state index in [4.69, 9.17) is 9.84 Å². The lowest BCUT2D eigenvalue weighted by atomic mass is 9.90. The van der Waals surface area contributed by atoms with Gasteiger partial charge in [-0.25, -0.2) is 0 Å². The Labute approximate surface area is 94.4 Å². The molecule has 16 heavy (non-hydrogen) atoms. The van der Waals surface area contributed by atoms with Gasteiger partial charge in [-0.3, -0.25) is 9.59 Å². The first-order valence-corrected chi connectivity index (χ1v) is 5.79. The van der Waals surface area contributed by atoms with Crippen LogP contribution in [0.1, 0.15) is 32.1 Å². The Balaban J connectivity index is 1.83. The second-order valence-corrected chi connectivity index (χ2v) is 4.50. The molecule has 1 heterocycles. The molecule has 5 heteroatoms. The fourth-order valence-electron chi connectivity index (χ4n) is 2.16. The number of hydrogen-bond acceptors (Lipinski definition) is 3. The van der Waals surface area contributed by atoms with E-state index in [0.717, 1.165) is 12.8 Å². The van der Waals surface area contributed by atoms with E-state index < -0.39 is 5.97 Å². The summed E-state index contributed by atoms with van der Waals surface area (Å²) >= 11 is 0. The van der Waals surface area contributed by atoms with E-state index in [9.17, 15) is 9.59 Å². The Morgan fingerprint density at radius 2 is 2.25 bits per heavy atom. The molecule has 1 amide bonds. The molecule has 1 atom stereocenters. The quantitative estimate of drug-likeness (QED) is 0.765. The average molecular weight is 227 g/mol. The first-order chi connectivity index (χ1) is 7.66. The minimum atomic E-state index is -0.810. The SMILES string of the molecule is O=C(O)CCC1CN(C2CCC2)C(=O)CO1. The summed E-state index contributed by atoms with van der Waals surface area (Å²) in [5, 5.41) is 8.59. The molecule has 0 aromatic carbocycles. The molecule has 0 aromatic rings. The van der Waals surface area contributed by atoms with Crippen molar-refractivity contribution in [1.82, 2.24) is 4.90 Å². The lowest BCUT2D eigenvalue weighted by Gasteiger charge is -2.42. The molecule has 2 rings (SSSR count). The van der Waals surface area contributed by atoms with Crippen LogP contribution < -0.4 is 0 Å². The van der Waals surface area contributed by atoms with Crippen molar-refractivity contribution in [3.63, 3.8) is 0 Å². The number of carboxylic acid groups (broad SMARTS) is 1. The zero-order valence-corrected chi connectivity index (χ0v) is 9.22. The molecule has 1 saturated heterocycles. The number of morpholine rings is 1. The largest absolute Gasteiger partial charge is 0.481 e. The Kier molecular flexibility index (Phi) is 3.43. The monoisotopic (exact) mass is 227 g/mol. The van der Waals surface area contributed by atoms with Gasteiger partial charge in [-0.05, 0) is 25.7 Å². The maximum atomic E-state index is 11.6. The predicted octanol–water partition coefficient (Wildman–Crippen LogP) is 0.631. The summed E-state index contributed by atoms with van der Waals surface area (Å²) < 4.78 is 5.34. The van der Waals surface area contributed by atoms with Gasteiger partial charge in [0.1, 0.15) is 6.61 Å². The highest BCUT2D eigenvalue weighted by atomic mass is 16.5. The lowest BCUT2D eigenvalue weighted by Crippen LogP contribution is -2.53. The first kappa shape index (κ1) is 11.4. The van der Waals surface area contributed by atoms with Crippen LogP contribution in [0.3, 0.4) is 0 Å². The van der Waals surface area contributed by atoms with Crippen molar-refractivity contribution in [3.05, 3.63) is 0 Å². The molecule has 0 radical (unpaired) electrons. The minimum absolute atomic E-state index is 0.0521. The van der Waals surface area contributed by atoms with Gasteiger partial charge in [0.15, 0.2) is 0 Å². The average Bonchev–Trinajstić information content (AvgIpc) is 2.16. The van der Waals surface area contributed by atoms with Crippen molar-refractivity contribution in [3.8, 4) is 0 Å². The Morgan fingerprint density at radius 3 is 2.81 bits per heavy atom. The highest BCUT2D eigenvalue weighted by Gasteiger charge is 2.34. The second-order valence-electron chi connectivity index (χ2n) is 4.50. The molecule has 1 saturated carbocycles. The van der Waals surface area contributed by atoms with E-state index in [1.807, 2.05) is 4.90 Å². The van der Waals surface area contributed by atoms with Crippen LogP contribution in [0.2, 0.25) is 0 Å². The van der Waals surface area contributed by atoms with Gasteiger partial charge >= 0.3 is 5.97 Å². The number of nitrogens with zero attached hydrogens (tertiary/aromatic N) is 1. The fourth-order valence-corrected chi connectivity index (χ4v) is 2.16. The molecular weight excluding hydrogens is 210 g/mol. The normalized spacial score (nSPS) is 26.6. The molecule has 0 bridgehead atoms. The van der Waals surface area contributed by atoms with Crippen LogP contribution in [0.25, 0.3) is 0 Å². The molecule has 1 unspecified atom stereocenters. The number of carbonyl (C=O) groups is 2. The van der Waals surface area contributed by atoms with E-state index in [0.29, 0.717) is 19.0 Å². The maximum absolute atomic E-state index is 11.6. The molecule has 1 N–H and O–H groups in total. The van der Waals surface area contributed by atoms with Crippen molar-refractivity contribution in [2.45, 2.75) is 44.2 Å². The molecule has 90 valence electrons. The number of aliphatic carboxylic acids is 1. The zero-order chi connectivity index (χ0) is 11.5. The van der Waals surface area contributed by atoms with Gasteiger partial charge in [-0.1, -0.05) is 0 Å². The second kappa shape index (κ2) is 4.82. The smallest absolute Gasteiger partial charge is 0.303 e. The van der Waals surface area contributed by atoms with Crippen LogP contribution in [0.5, 0.6) is 0 Å². The van der Waals surface area contributed by atoms with E-state index in [1.54, 1.807) is 0 Å². The van der Waals surface area contributed by atoms with Crippen LogP contribution in [-0.4, -0.2) is 47.2 Å². The predicted molar refractivity (Wildman–Crippen MR) is 56.0 cm³/mol. The first-order valence-electron chi connectivity index (χ1n) is 5.79. The summed E-state index contributed by atoms with van der Waals surface area (Å²) in [5.74, 6) is -0.757. The van der Waals surface area contributed by atoms with Gasteiger partial charge in [-0.2, -0.15) is 0 Å². The molecule has 5 nitrogen and oxygen atoms in total. The Hall–Kier alpha value is -1.10. The number of ether oxygens (including phenoxy) is 1. The molecular formula is C11H17NO4. The van der Waals surface area contributed by atoms with Gasteiger partial charge in [0.2, 0.25) is 5.91 Å². The van der Waals surface area contributed by atoms with Crippen molar-refractivity contribution in [1.29, 1.82) is 0 Å². The van der Waals surface area contributed by atoms with Crippen LogP contribution in [-0.2, 0) is 14.3 Å². The number of hydrogen-bond donors (Lipinski definition) is 1. The zero-order valence-electron chi connectivity index (χ0n) is 9.22. The van der Waals surface area contributed by atoms with Gasteiger partial charge in [-0.15, -0.1) is 0 Å². The van der Waals surface area contributed by atoms with E-state index in [-0.39, 0.29) is 25.0 Å². The fraction of sp³-hybridized carbons (Fsp3) is 0.818. The van der Waals surface area contributed by atoms with Crippen LogP contribution in [0.15, 0.2) is 0 Å². The number of amides is 1. The minimum Gasteiger partial charge on any atom is -0.481 e. The van der Waals surface area contributed by atoms with Crippen molar-refractivity contribution < 1.29 is 19.4 Å². The number of carboxylic acids is 1. The van der Waals surface area contributed by atoms with Gasteiger partial charge < -0.3 is 14.7 Å². The van der Waals surface area contributed by atoms with Gasteiger partial charge in [0.05, 0.1) is 6.10 Å². The molecule has 1 aliphatic carbocycles. The third kappa shape index (κ3) is 2.52. The van der Waals surface area contributed by atoms with Crippen LogP contribution in [0, 0.1) is 0 Å². The standard InChI is InChI=1S/C11H17NO4/c13-10-7-16-9(4-5-11(14)15)6-12(10)8-2-1-3-8/h8-9H,1-7H2,(H,14,15). The number of rotatable bonds is 4. The maximum Gasteiger partial charge on any atom is 0.303 e. The van der Waals surface area contributed by atoms with Crippen LogP contribution in [0.4, 0.5) is 0 Å². The Bertz CT molecular complexity index is 288. The van der Waals surface area contributed by atoms with E-state index >= 15 is 0 Å². The van der Waals surface area contributed by atoms with Crippen molar-refractivity contribution in [2.24, 2.45) is 0 Å². The third-order valence-corrected chi connectivity index (χ3v) is 3.36. The highest BCUT2D eigenvalue weighted by Crippen LogP contribution is 2.27. The summed E-state index contributed by atoms with van der Waals surface area (Å²) in [6.45, 7) is 0.678. The van der Waals surface area contributed by atoms with Crippen molar-refractivity contribution in [2.75, 3.05) is 13.2 Å². The number of carbonyl (C=O) groups excluding carboxylic acids is 1. The summed E-state index contributed by atoms with van der Waals surface area (Å²) in [6, 6.07) is 0.378. The third-order valence-electron chi connectivity index (χ3n) is 3.36. The lowest BCUT2D eigenvalue weighted by molar-refractivity contribution is -0.155.